The minimum Gasteiger partial charge on any atom is -0.501 e. The van der Waals surface area contributed by atoms with Crippen molar-refractivity contribution >= 4 is 11.6 Å². The third-order valence-corrected chi connectivity index (χ3v) is 4.25. The maximum atomic E-state index is 6.09. The summed E-state index contributed by atoms with van der Waals surface area (Å²) in [5.41, 5.74) is -0.0396. The van der Waals surface area contributed by atoms with Gasteiger partial charge in [-0.2, -0.15) is 0 Å². The van der Waals surface area contributed by atoms with Crippen molar-refractivity contribution in [3.05, 3.63) is 11.8 Å². The predicted octanol–water partition coefficient (Wildman–Crippen LogP) is 5.01. The molecular weight excluding hydrogens is 260 g/mol. The van der Waals surface area contributed by atoms with Gasteiger partial charge in [0.25, 0.3) is 0 Å². The summed E-state index contributed by atoms with van der Waals surface area (Å²) < 4.78 is 11.3. The zero-order chi connectivity index (χ0) is 14.9. The minimum atomic E-state index is -0.0396. The van der Waals surface area contributed by atoms with E-state index in [2.05, 4.69) is 40.7 Å². The Morgan fingerprint density at radius 3 is 2.37 bits per heavy atom. The molecule has 19 heavy (non-hydrogen) atoms. The second-order valence-corrected chi connectivity index (χ2v) is 6.09. The Kier molecular flexibility index (Phi) is 9.55. The van der Waals surface area contributed by atoms with Crippen LogP contribution in [0.2, 0.25) is 0 Å². The molecule has 0 saturated heterocycles. The van der Waals surface area contributed by atoms with Crippen LogP contribution < -0.4 is 0 Å². The molecule has 3 heteroatoms. The molecule has 0 N–H and O–H groups in total. The Labute approximate surface area is 124 Å². The lowest BCUT2D eigenvalue weighted by molar-refractivity contribution is -0.0419. The van der Waals surface area contributed by atoms with Crippen LogP contribution in [0.4, 0.5) is 0 Å². The van der Waals surface area contributed by atoms with Gasteiger partial charge in [0.1, 0.15) is 0 Å². The highest BCUT2D eigenvalue weighted by Crippen LogP contribution is 2.23. The molecule has 0 unspecified atom stereocenters. The number of alkyl halides is 1. The first-order chi connectivity index (χ1) is 8.90. The van der Waals surface area contributed by atoms with Gasteiger partial charge in [-0.3, -0.25) is 0 Å². The van der Waals surface area contributed by atoms with E-state index in [0.29, 0.717) is 17.7 Å². The summed E-state index contributed by atoms with van der Waals surface area (Å²) in [6, 6.07) is 0. The van der Waals surface area contributed by atoms with E-state index in [1.165, 1.54) is 0 Å². The van der Waals surface area contributed by atoms with Crippen LogP contribution >= 0.6 is 11.6 Å². The lowest BCUT2D eigenvalue weighted by Crippen LogP contribution is -2.28. The molecule has 0 bridgehead atoms. The summed E-state index contributed by atoms with van der Waals surface area (Å²) in [4.78, 5) is 0. The van der Waals surface area contributed by atoms with E-state index in [0.717, 1.165) is 31.6 Å². The van der Waals surface area contributed by atoms with E-state index in [1.807, 2.05) is 0 Å². The highest BCUT2D eigenvalue weighted by atomic mass is 35.5. The van der Waals surface area contributed by atoms with Gasteiger partial charge < -0.3 is 9.47 Å². The number of rotatable bonds is 10. The summed E-state index contributed by atoms with van der Waals surface area (Å²) in [6.45, 7) is 11.5. The molecule has 0 spiro atoms. The lowest BCUT2D eigenvalue weighted by Gasteiger charge is -2.28. The number of hydrogen-bond donors (Lipinski definition) is 0. The normalized spacial score (nSPS) is 16.3. The fourth-order valence-electron chi connectivity index (χ4n) is 1.70. The van der Waals surface area contributed by atoms with Gasteiger partial charge in [0.05, 0.1) is 25.1 Å². The quantitative estimate of drug-likeness (QED) is 0.416. The van der Waals surface area contributed by atoms with Crippen molar-refractivity contribution in [2.75, 3.05) is 19.6 Å². The summed E-state index contributed by atoms with van der Waals surface area (Å²) in [5.74, 6) is 2.59. The van der Waals surface area contributed by atoms with Gasteiger partial charge in [-0.15, -0.1) is 11.6 Å². The maximum Gasteiger partial charge on any atom is 0.0913 e. The SMILES string of the molecule is CC/C(=C\C[C@@H](CCl)[C@H](C)COC(C)(C)CC)OC. The lowest BCUT2D eigenvalue weighted by atomic mass is 9.92. The average Bonchev–Trinajstić information content (AvgIpc) is 2.41. The second-order valence-electron chi connectivity index (χ2n) is 5.78. The van der Waals surface area contributed by atoms with Crippen LogP contribution in [0.1, 0.15) is 53.9 Å². The monoisotopic (exact) mass is 290 g/mol. The van der Waals surface area contributed by atoms with Crippen LogP contribution in [-0.4, -0.2) is 25.2 Å². The van der Waals surface area contributed by atoms with Crippen molar-refractivity contribution in [3.8, 4) is 0 Å². The van der Waals surface area contributed by atoms with Gasteiger partial charge in [-0.1, -0.05) is 20.8 Å². The molecular formula is C16H31ClO2. The summed E-state index contributed by atoms with van der Waals surface area (Å²) in [7, 11) is 1.72. The van der Waals surface area contributed by atoms with Crippen LogP contribution in [0.5, 0.6) is 0 Å². The van der Waals surface area contributed by atoms with E-state index < -0.39 is 0 Å². The molecule has 2 atom stereocenters. The molecule has 0 aliphatic heterocycles. The third kappa shape index (κ3) is 7.84. The van der Waals surface area contributed by atoms with Crippen molar-refractivity contribution in [2.45, 2.75) is 59.5 Å². The maximum absolute atomic E-state index is 6.09. The van der Waals surface area contributed by atoms with E-state index >= 15 is 0 Å². The van der Waals surface area contributed by atoms with Crippen LogP contribution in [-0.2, 0) is 9.47 Å². The first-order valence-corrected chi connectivity index (χ1v) is 7.86. The largest absolute Gasteiger partial charge is 0.501 e. The van der Waals surface area contributed by atoms with Crippen molar-refractivity contribution in [2.24, 2.45) is 11.8 Å². The first-order valence-electron chi connectivity index (χ1n) is 7.33. The molecule has 0 aromatic heterocycles. The van der Waals surface area contributed by atoms with E-state index in [1.54, 1.807) is 7.11 Å². The van der Waals surface area contributed by atoms with Gasteiger partial charge in [0.15, 0.2) is 0 Å². The van der Waals surface area contributed by atoms with E-state index in [9.17, 15) is 0 Å². The molecule has 0 aliphatic rings. The molecule has 114 valence electrons. The van der Waals surface area contributed by atoms with Crippen LogP contribution in [0.15, 0.2) is 11.8 Å². The smallest absolute Gasteiger partial charge is 0.0913 e. The summed E-state index contributed by atoms with van der Waals surface area (Å²) in [5, 5.41) is 0. The van der Waals surface area contributed by atoms with Gasteiger partial charge >= 0.3 is 0 Å². The first kappa shape index (κ1) is 18.8. The third-order valence-electron chi connectivity index (χ3n) is 3.85. The molecule has 0 amide bonds. The summed E-state index contributed by atoms with van der Waals surface area (Å²) in [6.07, 6.45) is 5.07. The predicted molar refractivity (Wildman–Crippen MR) is 83.7 cm³/mol. The molecule has 0 fully saturated rings. The molecule has 0 aromatic rings. The van der Waals surface area contributed by atoms with Crippen LogP contribution in [0.25, 0.3) is 0 Å². The number of methoxy groups -OCH3 is 1. The Balaban J connectivity index is 4.32. The molecule has 0 rings (SSSR count). The number of halogens is 1. The Morgan fingerprint density at radius 1 is 1.32 bits per heavy atom. The molecule has 0 aliphatic carbocycles. The average molecular weight is 291 g/mol. The highest BCUT2D eigenvalue weighted by molar-refractivity contribution is 6.18. The van der Waals surface area contributed by atoms with Gasteiger partial charge in [0.2, 0.25) is 0 Å². The summed E-state index contributed by atoms with van der Waals surface area (Å²) >= 11 is 6.09. The van der Waals surface area contributed by atoms with Crippen molar-refractivity contribution in [1.29, 1.82) is 0 Å². The van der Waals surface area contributed by atoms with Crippen molar-refractivity contribution in [3.63, 3.8) is 0 Å². The van der Waals surface area contributed by atoms with Gasteiger partial charge in [-0.05, 0) is 44.6 Å². The Bertz CT molecular complexity index is 255. The fraction of sp³-hybridized carbons (Fsp3) is 0.875. The van der Waals surface area contributed by atoms with Gasteiger partial charge in [0, 0.05) is 12.3 Å². The standard InChI is InChI=1S/C16H31ClO2/c1-7-15(18-6)10-9-14(11-17)13(3)12-19-16(4,5)8-2/h10,13-14H,7-9,11-12H2,1-6H3/b15-10+/t13-,14+/m1/s1. The van der Waals surface area contributed by atoms with Crippen molar-refractivity contribution < 1.29 is 9.47 Å². The minimum absolute atomic E-state index is 0.0396. The number of ether oxygens (including phenoxy) is 2. The van der Waals surface area contributed by atoms with Crippen molar-refractivity contribution in [1.82, 2.24) is 0 Å². The molecule has 0 aromatic carbocycles. The topological polar surface area (TPSA) is 18.5 Å². The van der Waals surface area contributed by atoms with Crippen LogP contribution in [0, 0.1) is 11.8 Å². The Hall–Kier alpha value is -0.210. The van der Waals surface area contributed by atoms with E-state index in [-0.39, 0.29) is 5.60 Å². The van der Waals surface area contributed by atoms with Gasteiger partial charge in [-0.25, -0.2) is 0 Å². The second kappa shape index (κ2) is 9.66. The zero-order valence-corrected chi connectivity index (χ0v) is 14.2. The van der Waals surface area contributed by atoms with Crippen LogP contribution in [0.3, 0.4) is 0 Å². The Morgan fingerprint density at radius 2 is 1.95 bits per heavy atom. The fourth-order valence-corrected chi connectivity index (χ4v) is 2.13. The zero-order valence-electron chi connectivity index (χ0n) is 13.5. The number of hydrogen-bond acceptors (Lipinski definition) is 2. The molecule has 0 radical (unpaired) electrons. The highest BCUT2D eigenvalue weighted by Gasteiger charge is 2.21. The number of allylic oxidation sites excluding steroid dienone is 2. The molecule has 0 heterocycles. The molecule has 2 nitrogen and oxygen atoms in total. The van der Waals surface area contributed by atoms with E-state index in [4.69, 9.17) is 21.1 Å². The molecule has 0 saturated carbocycles.